The largest absolute Gasteiger partial charge is 0.318 e. The molecule has 1 aromatic heterocycles. The van der Waals surface area contributed by atoms with Crippen molar-refractivity contribution in [1.82, 2.24) is 9.88 Å². The van der Waals surface area contributed by atoms with Crippen molar-refractivity contribution in [2.75, 3.05) is 4.90 Å². The van der Waals surface area contributed by atoms with Gasteiger partial charge in [0.25, 0.3) is 11.8 Å². The summed E-state index contributed by atoms with van der Waals surface area (Å²) in [5.41, 5.74) is 5.09. The van der Waals surface area contributed by atoms with Gasteiger partial charge in [0, 0.05) is 20.6 Å². The van der Waals surface area contributed by atoms with Gasteiger partial charge in [0.15, 0.2) is 5.11 Å². The molecule has 0 atom stereocenters. The molecule has 0 radical (unpaired) electrons. The first-order chi connectivity index (χ1) is 15.6. The van der Waals surface area contributed by atoms with Crippen molar-refractivity contribution in [3.05, 3.63) is 84.2 Å². The second kappa shape index (κ2) is 9.21. The second-order valence-electron chi connectivity index (χ2n) is 7.63. The minimum absolute atomic E-state index is 0.0429. The van der Waals surface area contributed by atoms with Gasteiger partial charge in [0.2, 0.25) is 0 Å². The predicted octanol–water partition coefficient (Wildman–Crippen LogP) is 6.15. The molecule has 5 nitrogen and oxygen atoms in total. The van der Waals surface area contributed by atoms with Crippen molar-refractivity contribution in [2.45, 2.75) is 20.8 Å². The van der Waals surface area contributed by atoms with Crippen molar-refractivity contribution < 1.29 is 9.59 Å². The van der Waals surface area contributed by atoms with Gasteiger partial charge in [-0.05, 0) is 109 Å². The number of amides is 2. The summed E-state index contributed by atoms with van der Waals surface area (Å²) >= 11 is 20.0. The first-order valence-electron chi connectivity index (χ1n) is 9.91. The number of thiocarbonyl (C=S) groups is 1. The van der Waals surface area contributed by atoms with Crippen molar-refractivity contribution in [2.24, 2.45) is 0 Å². The summed E-state index contributed by atoms with van der Waals surface area (Å²) in [5.74, 6) is -1.13. The Hall–Kier alpha value is -2.20. The Bertz CT molecular complexity index is 1380. The van der Waals surface area contributed by atoms with Gasteiger partial charge in [-0.2, -0.15) is 0 Å². The number of anilines is 1. The summed E-state index contributed by atoms with van der Waals surface area (Å²) in [6.45, 7) is 6.00. The molecule has 0 unspecified atom stereocenters. The van der Waals surface area contributed by atoms with Crippen molar-refractivity contribution in [1.29, 1.82) is 0 Å². The number of aromatic nitrogens is 1. The van der Waals surface area contributed by atoms with Crippen LogP contribution < -0.4 is 10.2 Å². The average molecular weight is 610 g/mol. The normalized spacial score (nSPS) is 15.4. The topological polar surface area (TPSA) is 54.3 Å². The maximum Gasteiger partial charge on any atom is 0.270 e. The molecule has 1 fully saturated rings. The molecule has 33 heavy (non-hydrogen) atoms. The molecule has 2 amide bonds. The Morgan fingerprint density at radius 1 is 1.06 bits per heavy atom. The van der Waals surface area contributed by atoms with Gasteiger partial charge in [-0.25, -0.2) is 0 Å². The highest BCUT2D eigenvalue weighted by molar-refractivity contribution is 14.1. The molecule has 4 rings (SSSR count). The van der Waals surface area contributed by atoms with Crippen LogP contribution in [0.5, 0.6) is 0 Å². The molecule has 3 aromatic rings. The molecule has 168 valence electrons. The van der Waals surface area contributed by atoms with Crippen LogP contribution in [0.4, 0.5) is 5.69 Å². The van der Waals surface area contributed by atoms with Crippen LogP contribution in [0.15, 0.2) is 48.0 Å². The molecule has 1 aliphatic rings. The zero-order valence-electron chi connectivity index (χ0n) is 17.9. The minimum Gasteiger partial charge on any atom is -0.318 e. The second-order valence-corrected chi connectivity index (χ2v) is 9.96. The van der Waals surface area contributed by atoms with E-state index in [0.717, 1.165) is 22.6 Å². The number of benzene rings is 2. The SMILES string of the molecule is Cc1cc(-n2c(C)cc(C=C3C(=O)NC(=S)N(c4cccc(Cl)c4Cl)C3=O)c2C)ccc1I. The number of nitrogens with one attached hydrogen (secondary N) is 1. The third-order valence-corrected chi connectivity index (χ3v) is 7.75. The monoisotopic (exact) mass is 609 g/mol. The number of halogens is 3. The summed E-state index contributed by atoms with van der Waals surface area (Å²) < 4.78 is 3.28. The number of nitrogens with zero attached hydrogens (tertiary/aromatic N) is 2. The highest BCUT2D eigenvalue weighted by Gasteiger charge is 2.36. The highest BCUT2D eigenvalue weighted by Crippen LogP contribution is 2.34. The van der Waals surface area contributed by atoms with E-state index in [1.54, 1.807) is 24.3 Å². The molecular weight excluding hydrogens is 592 g/mol. The fraction of sp³-hybridized carbons (Fsp3) is 0.125. The summed E-state index contributed by atoms with van der Waals surface area (Å²) in [6, 6.07) is 13.1. The fourth-order valence-electron chi connectivity index (χ4n) is 3.80. The number of hydrogen-bond donors (Lipinski definition) is 1. The molecular formula is C24H18Cl2IN3O2S. The molecule has 0 saturated carbocycles. The van der Waals surface area contributed by atoms with E-state index in [-0.39, 0.29) is 20.7 Å². The van der Waals surface area contributed by atoms with Crippen molar-refractivity contribution >= 4 is 86.7 Å². The maximum absolute atomic E-state index is 13.4. The Labute approximate surface area is 220 Å². The van der Waals surface area contributed by atoms with Gasteiger partial charge in [-0.3, -0.25) is 19.8 Å². The maximum atomic E-state index is 13.4. The zero-order valence-corrected chi connectivity index (χ0v) is 22.4. The Kier molecular flexibility index (Phi) is 6.68. The van der Waals surface area contributed by atoms with E-state index in [4.69, 9.17) is 35.4 Å². The number of rotatable bonds is 3. The lowest BCUT2D eigenvalue weighted by Crippen LogP contribution is -2.54. The van der Waals surface area contributed by atoms with Gasteiger partial charge >= 0.3 is 0 Å². The van der Waals surface area contributed by atoms with Crippen LogP contribution >= 0.6 is 58.0 Å². The van der Waals surface area contributed by atoms with Crippen LogP contribution in [-0.2, 0) is 9.59 Å². The van der Waals surface area contributed by atoms with Crippen LogP contribution in [0.25, 0.3) is 11.8 Å². The zero-order chi connectivity index (χ0) is 24.0. The van der Waals surface area contributed by atoms with E-state index in [0.29, 0.717) is 5.69 Å². The van der Waals surface area contributed by atoms with Crippen molar-refractivity contribution in [3.63, 3.8) is 0 Å². The molecule has 0 spiro atoms. The van der Waals surface area contributed by atoms with Crippen molar-refractivity contribution in [3.8, 4) is 5.69 Å². The molecule has 2 heterocycles. The quantitative estimate of drug-likeness (QED) is 0.168. The molecule has 0 aliphatic carbocycles. The first kappa shape index (κ1) is 23.9. The summed E-state index contributed by atoms with van der Waals surface area (Å²) in [7, 11) is 0. The molecule has 0 bridgehead atoms. The molecule has 1 aliphatic heterocycles. The molecule has 1 saturated heterocycles. The Morgan fingerprint density at radius 2 is 1.79 bits per heavy atom. The van der Waals surface area contributed by atoms with Crippen LogP contribution in [0.3, 0.4) is 0 Å². The van der Waals surface area contributed by atoms with E-state index in [9.17, 15) is 9.59 Å². The average Bonchev–Trinajstić information content (AvgIpc) is 3.03. The van der Waals surface area contributed by atoms with Gasteiger partial charge in [0.1, 0.15) is 5.57 Å². The van der Waals surface area contributed by atoms with E-state index in [1.807, 2.05) is 26.0 Å². The smallest absolute Gasteiger partial charge is 0.270 e. The lowest BCUT2D eigenvalue weighted by Gasteiger charge is -2.29. The van der Waals surface area contributed by atoms with Gasteiger partial charge in [-0.15, -0.1) is 0 Å². The minimum atomic E-state index is -0.567. The summed E-state index contributed by atoms with van der Waals surface area (Å²) in [4.78, 5) is 27.3. The Balaban J connectivity index is 1.79. The number of aryl methyl sites for hydroxylation is 2. The standard InChI is InChI=1S/C24H18Cl2IN3O2S/c1-12-9-16(7-8-19(12)27)29-13(2)10-15(14(29)3)11-17-22(31)28-24(33)30(23(17)32)20-6-4-5-18(25)21(20)26/h4-11H,1-3H3,(H,28,31,33). The summed E-state index contributed by atoms with van der Waals surface area (Å²) in [6.07, 6.45) is 1.59. The van der Waals surface area contributed by atoms with Gasteiger partial charge in [-0.1, -0.05) is 29.3 Å². The van der Waals surface area contributed by atoms with Gasteiger partial charge < -0.3 is 4.57 Å². The van der Waals surface area contributed by atoms with E-state index < -0.39 is 11.8 Å². The molecule has 1 N–H and O–H groups in total. The van der Waals surface area contributed by atoms with Crippen LogP contribution in [0.1, 0.15) is 22.5 Å². The number of hydrogen-bond acceptors (Lipinski definition) is 3. The van der Waals surface area contributed by atoms with E-state index in [2.05, 4.69) is 51.5 Å². The summed E-state index contributed by atoms with van der Waals surface area (Å²) in [5, 5.41) is 2.99. The van der Waals surface area contributed by atoms with Crippen LogP contribution in [-0.4, -0.2) is 21.5 Å². The number of carbonyl (C=O) groups is 2. The third-order valence-electron chi connectivity index (χ3n) is 5.44. The lowest BCUT2D eigenvalue weighted by atomic mass is 10.1. The van der Waals surface area contributed by atoms with Crippen LogP contribution in [0.2, 0.25) is 10.0 Å². The molecule has 9 heteroatoms. The van der Waals surface area contributed by atoms with Crippen LogP contribution in [0, 0.1) is 24.3 Å². The molecule has 2 aromatic carbocycles. The lowest BCUT2D eigenvalue weighted by molar-refractivity contribution is -0.122. The highest BCUT2D eigenvalue weighted by atomic mass is 127. The number of carbonyl (C=O) groups excluding carboxylic acids is 2. The fourth-order valence-corrected chi connectivity index (χ4v) is 4.79. The predicted molar refractivity (Wildman–Crippen MR) is 145 cm³/mol. The van der Waals surface area contributed by atoms with Gasteiger partial charge in [0.05, 0.1) is 15.7 Å². The third kappa shape index (κ3) is 4.35. The Morgan fingerprint density at radius 3 is 2.48 bits per heavy atom. The first-order valence-corrected chi connectivity index (χ1v) is 12.2. The van der Waals surface area contributed by atoms with E-state index >= 15 is 0 Å². The van der Waals surface area contributed by atoms with E-state index in [1.165, 1.54) is 14.0 Å².